The number of guanidine groups is 1. The van der Waals surface area contributed by atoms with E-state index in [2.05, 4.69) is 63.6 Å². The van der Waals surface area contributed by atoms with Crippen molar-refractivity contribution in [1.82, 2.24) is 20.5 Å². The zero-order valence-electron chi connectivity index (χ0n) is 17.4. The number of rotatable bonds is 6. The minimum atomic E-state index is 0.702. The molecule has 6 heteroatoms. The highest BCUT2D eigenvalue weighted by Crippen LogP contribution is 2.16. The molecule has 1 aliphatic heterocycles. The molecule has 2 N–H and O–H groups in total. The smallest absolute Gasteiger partial charge is 0.191 e. The molecular formula is C22H33N5S. The fourth-order valence-corrected chi connectivity index (χ4v) is 4.37. The minimum Gasteiger partial charge on any atom is -0.352 e. The molecular weight excluding hydrogens is 366 g/mol. The van der Waals surface area contributed by atoms with E-state index in [4.69, 9.17) is 0 Å². The van der Waals surface area contributed by atoms with Crippen LogP contribution in [0.1, 0.15) is 52.4 Å². The summed E-state index contributed by atoms with van der Waals surface area (Å²) in [6.45, 7) is 9.18. The summed E-state index contributed by atoms with van der Waals surface area (Å²) < 4.78 is 0. The van der Waals surface area contributed by atoms with E-state index in [9.17, 15) is 0 Å². The Hall–Kier alpha value is -1.92. The summed E-state index contributed by atoms with van der Waals surface area (Å²) in [6, 6.07) is 8.97. The van der Waals surface area contributed by atoms with Crippen LogP contribution in [0.3, 0.4) is 0 Å². The first-order chi connectivity index (χ1) is 13.6. The molecule has 1 aromatic heterocycles. The maximum Gasteiger partial charge on any atom is 0.191 e. The van der Waals surface area contributed by atoms with Crippen molar-refractivity contribution in [2.24, 2.45) is 4.99 Å². The number of thiazole rings is 1. The molecule has 1 saturated heterocycles. The quantitative estimate of drug-likeness (QED) is 0.569. The summed E-state index contributed by atoms with van der Waals surface area (Å²) in [6.07, 6.45) is 5.46. The van der Waals surface area contributed by atoms with Crippen molar-refractivity contribution in [2.45, 2.75) is 59.2 Å². The Morgan fingerprint density at radius 1 is 1.00 bits per heavy atom. The summed E-state index contributed by atoms with van der Waals surface area (Å²) in [5.41, 5.74) is 3.79. The number of aromatic nitrogens is 1. The SMILES string of the molecule is CN=C(NCc1ccc(CN2CCCCCC2)cc1)NCc1nc(C)c(C)s1. The van der Waals surface area contributed by atoms with Crippen LogP contribution in [-0.2, 0) is 19.6 Å². The first kappa shape index (κ1) is 20.8. The third-order valence-electron chi connectivity index (χ3n) is 5.29. The number of aryl methyl sites for hydroxylation is 2. The zero-order valence-corrected chi connectivity index (χ0v) is 18.2. The maximum absolute atomic E-state index is 4.57. The van der Waals surface area contributed by atoms with Gasteiger partial charge in [-0.15, -0.1) is 11.3 Å². The molecule has 3 rings (SSSR count). The van der Waals surface area contributed by atoms with Gasteiger partial charge in [0.1, 0.15) is 5.01 Å². The van der Waals surface area contributed by atoms with Crippen molar-refractivity contribution < 1.29 is 0 Å². The highest BCUT2D eigenvalue weighted by Gasteiger charge is 2.09. The van der Waals surface area contributed by atoms with Crippen LogP contribution in [0.2, 0.25) is 0 Å². The predicted octanol–water partition coefficient (Wildman–Crippen LogP) is 4.00. The van der Waals surface area contributed by atoms with E-state index in [1.165, 1.54) is 54.8 Å². The topological polar surface area (TPSA) is 52.6 Å². The molecule has 1 fully saturated rings. The molecule has 152 valence electrons. The van der Waals surface area contributed by atoms with Crippen LogP contribution in [0.15, 0.2) is 29.3 Å². The molecule has 0 amide bonds. The fourth-order valence-electron chi connectivity index (χ4n) is 3.50. The lowest BCUT2D eigenvalue weighted by Gasteiger charge is -2.20. The maximum atomic E-state index is 4.57. The minimum absolute atomic E-state index is 0.702. The third-order valence-corrected chi connectivity index (χ3v) is 6.36. The van der Waals surface area contributed by atoms with E-state index >= 15 is 0 Å². The zero-order chi connectivity index (χ0) is 19.8. The molecule has 0 atom stereocenters. The van der Waals surface area contributed by atoms with E-state index in [0.29, 0.717) is 6.54 Å². The number of benzene rings is 1. The van der Waals surface area contributed by atoms with Gasteiger partial charge in [0.05, 0.1) is 12.2 Å². The second-order valence-corrected chi connectivity index (χ2v) is 8.82. The van der Waals surface area contributed by atoms with Crippen LogP contribution in [-0.4, -0.2) is 36.0 Å². The number of hydrogen-bond acceptors (Lipinski definition) is 4. The standard InChI is InChI=1S/C22H33N5S/c1-17-18(2)28-21(26-17)15-25-22(23-3)24-14-19-8-10-20(11-9-19)16-27-12-6-4-5-7-13-27/h8-11H,4-7,12-16H2,1-3H3,(H2,23,24,25). The molecule has 2 aromatic rings. The fraction of sp³-hybridized carbons (Fsp3) is 0.545. The van der Waals surface area contributed by atoms with Gasteiger partial charge in [-0.05, 0) is 50.9 Å². The van der Waals surface area contributed by atoms with Gasteiger partial charge in [-0.3, -0.25) is 9.89 Å². The van der Waals surface area contributed by atoms with Crippen LogP contribution in [0.25, 0.3) is 0 Å². The normalized spacial score (nSPS) is 16.0. The van der Waals surface area contributed by atoms with Crippen LogP contribution in [0.4, 0.5) is 0 Å². The highest BCUT2D eigenvalue weighted by molar-refractivity contribution is 7.11. The molecule has 1 aliphatic rings. The van der Waals surface area contributed by atoms with E-state index in [-0.39, 0.29) is 0 Å². The molecule has 0 saturated carbocycles. The first-order valence-electron chi connectivity index (χ1n) is 10.3. The van der Waals surface area contributed by atoms with Gasteiger partial charge in [-0.25, -0.2) is 4.98 Å². The molecule has 1 aromatic carbocycles. The number of hydrogen-bond donors (Lipinski definition) is 2. The summed E-state index contributed by atoms with van der Waals surface area (Å²) in [5.74, 6) is 0.805. The number of likely N-dealkylation sites (tertiary alicyclic amines) is 1. The summed E-state index contributed by atoms with van der Waals surface area (Å²) >= 11 is 1.74. The van der Waals surface area contributed by atoms with Crippen molar-refractivity contribution >= 4 is 17.3 Å². The average Bonchev–Trinajstić information content (AvgIpc) is 2.88. The summed E-state index contributed by atoms with van der Waals surface area (Å²) in [4.78, 5) is 12.8. The van der Waals surface area contributed by atoms with Gasteiger partial charge in [0.15, 0.2) is 5.96 Å². The lowest BCUT2D eigenvalue weighted by atomic mass is 10.1. The van der Waals surface area contributed by atoms with Gasteiger partial charge < -0.3 is 10.6 Å². The van der Waals surface area contributed by atoms with E-state index in [1.807, 2.05) is 0 Å². The van der Waals surface area contributed by atoms with E-state index in [0.717, 1.165) is 29.8 Å². The Morgan fingerprint density at radius 3 is 2.25 bits per heavy atom. The van der Waals surface area contributed by atoms with Gasteiger partial charge in [0.2, 0.25) is 0 Å². The largest absolute Gasteiger partial charge is 0.352 e. The van der Waals surface area contributed by atoms with Crippen LogP contribution >= 0.6 is 11.3 Å². The van der Waals surface area contributed by atoms with Crippen LogP contribution in [0.5, 0.6) is 0 Å². The lowest BCUT2D eigenvalue weighted by molar-refractivity contribution is 0.277. The van der Waals surface area contributed by atoms with Gasteiger partial charge in [-0.2, -0.15) is 0 Å². The molecule has 0 radical (unpaired) electrons. The van der Waals surface area contributed by atoms with Gasteiger partial charge in [-0.1, -0.05) is 37.1 Å². The van der Waals surface area contributed by atoms with Crippen LogP contribution < -0.4 is 10.6 Å². The van der Waals surface area contributed by atoms with Crippen molar-refractivity contribution in [3.8, 4) is 0 Å². The Bertz CT molecular complexity index is 738. The molecule has 0 unspecified atom stereocenters. The van der Waals surface area contributed by atoms with E-state index < -0.39 is 0 Å². The second-order valence-electron chi connectivity index (χ2n) is 7.54. The molecule has 0 aliphatic carbocycles. The number of nitrogens with zero attached hydrogens (tertiary/aromatic N) is 3. The summed E-state index contributed by atoms with van der Waals surface area (Å²) in [7, 11) is 1.80. The van der Waals surface area contributed by atoms with Crippen LogP contribution in [0, 0.1) is 13.8 Å². The van der Waals surface area contributed by atoms with Crippen molar-refractivity contribution in [2.75, 3.05) is 20.1 Å². The van der Waals surface area contributed by atoms with Gasteiger partial charge >= 0.3 is 0 Å². The number of nitrogens with one attached hydrogen (secondary N) is 2. The third kappa shape index (κ3) is 6.31. The van der Waals surface area contributed by atoms with Crippen molar-refractivity contribution in [3.63, 3.8) is 0 Å². The highest BCUT2D eigenvalue weighted by atomic mass is 32.1. The Kier molecular flexibility index (Phi) is 7.86. The second kappa shape index (κ2) is 10.6. The molecule has 2 heterocycles. The Labute approximate surface area is 173 Å². The van der Waals surface area contributed by atoms with Gasteiger partial charge in [0.25, 0.3) is 0 Å². The molecule has 0 bridgehead atoms. The van der Waals surface area contributed by atoms with Crippen molar-refractivity contribution in [1.29, 1.82) is 0 Å². The predicted molar refractivity (Wildman–Crippen MR) is 119 cm³/mol. The van der Waals surface area contributed by atoms with Gasteiger partial charge in [0, 0.05) is 25.0 Å². The van der Waals surface area contributed by atoms with Crippen molar-refractivity contribution in [3.05, 3.63) is 51.0 Å². The lowest BCUT2D eigenvalue weighted by Crippen LogP contribution is -2.36. The molecule has 5 nitrogen and oxygen atoms in total. The molecule has 0 spiro atoms. The van der Waals surface area contributed by atoms with E-state index in [1.54, 1.807) is 18.4 Å². The average molecular weight is 400 g/mol. The first-order valence-corrected chi connectivity index (χ1v) is 11.1. The monoisotopic (exact) mass is 399 g/mol. The summed E-state index contributed by atoms with van der Waals surface area (Å²) in [5, 5.41) is 7.83. The Balaban J connectivity index is 1.45. The number of aliphatic imine (C=N–C) groups is 1. The Morgan fingerprint density at radius 2 is 1.64 bits per heavy atom. The molecule has 28 heavy (non-hydrogen) atoms.